The lowest BCUT2D eigenvalue weighted by Crippen LogP contribution is -2.42. The number of carboxylic acids is 1. The highest BCUT2D eigenvalue weighted by molar-refractivity contribution is 5.74. The van der Waals surface area contributed by atoms with Crippen LogP contribution in [0, 0.1) is 5.41 Å². The van der Waals surface area contributed by atoms with E-state index in [1.165, 1.54) is 0 Å². The zero-order valence-corrected chi connectivity index (χ0v) is 12.3. The van der Waals surface area contributed by atoms with E-state index in [0.717, 1.165) is 12.2 Å². The summed E-state index contributed by atoms with van der Waals surface area (Å²) in [7, 11) is 0. The number of rotatable bonds is 5. The van der Waals surface area contributed by atoms with E-state index in [1.54, 1.807) is 4.68 Å². The Labute approximate surface area is 118 Å². The van der Waals surface area contributed by atoms with Gasteiger partial charge in [0.05, 0.1) is 12.0 Å². The molecule has 1 aliphatic heterocycles. The summed E-state index contributed by atoms with van der Waals surface area (Å²) in [4.78, 5) is 11.7. The van der Waals surface area contributed by atoms with Crippen molar-refractivity contribution in [2.75, 3.05) is 13.2 Å². The van der Waals surface area contributed by atoms with Crippen LogP contribution in [0.3, 0.4) is 0 Å². The van der Waals surface area contributed by atoms with Crippen molar-refractivity contribution >= 4 is 5.97 Å². The fourth-order valence-electron chi connectivity index (χ4n) is 2.44. The molecule has 1 fully saturated rings. The van der Waals surface area contributed by atoms with Crippen molar-refractivity contribution in [3.05, 3.63) is 5.82 Å². The van der Waals surface area contributed by atoms with E-state index in [2.05, 4.69) is 36.3 Å². The van der Waals surface area contributed by atoms with Crippen LogP contribution >= 0.6 is 0 Å². The van der Waals surface area contributed by atoms with E-state index in [9.17, 15) is 9.90 Å². The Kier molecular flexibility index (Phi) is 4.08. The second-order valence-corrected chi connectivity index (χ2v) is 6.10. The number of carbonyl (C=O) groups is 1. The Hall–Kier alpha value is -1.50. The number of aromatic nitrogens is 4. The first kappa shape index (κ1) is 14.9. The molecule has 7 nitrogen and oxygen atoms in total. The summed E-state index contributed by atoms with van der Waals surface area (Å²) in [5, 5.41) is 21.4. The van der Waals surface area contributed by atoms with Gasteiger partial charge in [-0.25, -0.2) is 4.68 Å². The highest BCUT2D eigenvalue weighted by Gasteiger charge is 2.42. The normalized spacial score (nSPS) is 18.9. The fourth-order valence-corrected chi connectivity index (χ4v) is 2.44. The lowest BCUT2D eigenvalue weighted by Gasteiger charge is -2.33. The SMILES string of the molecule is CCC(C)(C)c1nnnn1CC1(C(=O)O)CCOCC1. The molecule has 2 heterocycles. The van der Waals surface area contributed by atoms with Crippen LogP contribution in [0.5, 0.6) is 0 Å². The van der Waals surface area contributed by atoms with Gasteiger partial charge in [-0.1, -0.05) is 20.8 Å². The molecule has 0 radical (unpaired) electrons. The van der Waals surface area contributed by atoms with Crippen molar-refractivity contribution in [2.45, 2.75) is 52.0 Å². The van der Waals surface area contributed by atoms with Gasteiger partial charge in [0.2, 0.25) is 0 Å². The van der Waals surface area contributed by atoms with Gasteiger partial charge in [-0.05, 0) is 29.7 Å². The lowest BCUT2D eigenvalue weighted by atomic mass is 9.80. The van der Waals surface area contributed by atoms with E-state index in [0.29, 0.717) is 32.6 Å². The number of ether oxygens (including phenoxy) is 1. The number of aliphatic carboxylic acids is 1. The molecule has 0 amide bonds. The molecular weight excluding hydrogens is 260 g/mol. The first-order valence-corrected chi connectivity index (χ1v) is 6.99. The molecule has 1 aromatic rings. The molecule has 112 valence electrons. The predicted molar refractivity (Wildman–Crippen MR) is 71.3 cm³/mol. The lowest BCUT2D eigenvalue weighted by molar-refractivity contribution is -0.156. The smallest absolute Gasteiger partial charge is 0.311 e. The van der Waals surface area contributed by atoms with Gasteiger partial charge in [-0.2, -0.15) is 0 Å². The van der Waals surface area contributed by atoms with Crippen LogP contribution in [0.4, 0.5) is 0 Å². The number of nitrogens with zero attached hydrogens (tertiary/aromatic N) is 4. The van der Waals surface area contributed by atoms with E-state index in [4.69, 9.17) is 4.74 Å². The van der Waals surface area contributed by atoms with Crippen LogP contribution in [0.25, 0.3) is 0 Å². The first-order chi connectivity index (χ1) is 9.41. The quantitative estimate of drug-likeness (QED) is 0.874. The summed E-state index contributed by atoms with van der Waals surface area (Å²) in [6, 6.07) is 0. The molecule has 2 rings (SSSR count). The van der Waals surface area contributed by atoms with Crippen molar-refractivity contribution in [1.29, 1.82) is 0 Å². The summed E-state index contributed by atoms with van der Waals surface area (Å²) in [5.41, 5.74) is -0.999. The molecule has 0 bridgehead atoms. The minimum atomic E-state index is -0.827. The molecule has 7 heteroatoms. The minimum absolute atomic E-state index is 0.172. The molecule has 0 atom stereocenters. The molecule has 1 aliphatic rings. The van der Waals surface area contributed by atoms with Crippen LogP contribution < -0.4 is 0 Å². The molecule has 0 unspecified atom stereocenters. The first-order valence-electron chi connectivity index (χ1n) is 6.99. The fraction of sp³-hybridized carbons (Fsp3) is 0.846. The summed E-state index contributed by atoms with van der Waals surface area (Å²) < 4.78 is 6.94. The molecule has 1 N–H and O–H groups in total. The van der Waals surface area contributed by atoms with Gasteiger partial charge < -0.3 is 9.84 Å². The van der Waals surface area contributed by atoms with Crippen molar-refractivity contribution in [3.8, 4) is 0 Å². The van der Waals surface area contributed by atoms with E-state index in [1.807, 2.05) is 0 Å². The van der Waals surface area contributed by atoms with Crippen molar-refractivity contribution < 1.29 is 14.6 Å². The number of hydrogen-bond donors (Lipinski definition) is 1. The Bertz CT molecular complexity index is 478. The predicted octanol–water partition coefficient (Wildman–Crippen LogP) is 1.24. The molecule has 0 saturated carbocycles. The number of hydrogen-bond acceptors (Lipinski definition) is 5. The third-order valence-electron chi connectivity index (χ3n) is 4.38. The number of tetrazole rings is 1. The minimum Gasteiger partial charge on any atom is -0.481 e. The summed E-state index contributed by atoms with van der Waals surface area (Å²) >= 11 is 0. The van der Waals surface area contributed by atoms with Crippen molar-refractivity contribution in [3.63, 3.8) is 0 Å². The average molecular weight is 282 g/mol. The topological polar surface area (TPSA) is 90.1 Å². The Morgan fingerprint density at radius 1 is 1.45 bits per heavy atom. The Morgan fingerprint density at radius 3 is 2.65 bits per heavy atom. The summed E-state index contributed by atoms with van der Waals surface area (Å²) in [5.74, 6) is -0.0522. The van der Waals surface area contributed by atoms with Crippen molar-refractivity contribution in [1.82, 2.24) is 20.2 Å². The molecule has 0 aliphatic carbocycles. The van der Waals surface area contributed by atoms with Crippen LogP contribution in [-0.4, -0.2) is 44.5 Å². The van der Waals surface area contributed by atoms with Crippen LogP contribution in [-0.2, 0) is 21.5 Å². The van der Waals surface area contributed by atoms with Gasteiger partial charge in [-0.15, -0.1) is 5.10 Å². The molecule has 20 heavy (non-hydrogen) atoms. The third kappa shape index (κ3) is 2.67. The summed E-state index contributed by atoms with van der Waals surface area (Å²) in [6.45, 7) is 7.44. The maximum absolute atomic E-state index is 11.7. The van der Waals surface area contributed by atoms with E-state index in [-0.39, 0.29) is 5.41 Å². The largest absolute Gasteiger partial charge is 0.481 e. The van der Waals surface area contributed by atoms with Crippen LogP contribution in [0.1, 0.15) is 45.9 Å². The zero-order chi connectivity index (χ0) is 14.8. The molecule has 0 aromatic carbocycles. The molecular formula is C13H22N4O3. The zero-order valence-electron chi connectivity index (χ0n) is 12.3. The Balaban J connectivity index is 2.29. The van der Waals surface area contributed by atoms with Crippen LogP contribution in [0.15, 0.2) is 0 Å². The molecule has 1 saturated heterocycles. The maximum Gasteiger partial charge on any atom is 0.311 e. The van der Waals surface area contributed by atoms with Gasteiger partial charge in [-0.3, -0.25) is 4.79 Å². The maximum atomic E-state index is 11.7. The molecule has 0 spiro atoms. The van der Waals surface area contributed by atoms with Gasteiger partial charge in [0, 0.05) is 18.6 Å². The highest BCUT2D eigenvalue weighted by atomic mass is 16.5. The molecule has 1 aromatic heterocycles. The van der Waals surface area contributed by atoms with Crippen molar-refractivity contribution in [2.24, 2.45) is 5.41 Å². The van der Waals surface area contributed by atoms with E-state index >= 15 is 0 Å². The second-order valence-electron chi connectivity index (χ2n) is 6.10. The highest BCUT2D eigenvalue weighted by Crippen LogP contribution is 2.34. The second kappa shape index (κ2) is 5.47. The Morgan fingerprint density at radius 2 is 2.10 bits per heavy atom. The summed E-state index contributed by atoms with van der Waals surface area (Å²) in [6.07, 6.45) is 1.87. The average Bonchev–Trinajstić information content (AvgIpc) is 2.88. The standard InChI is InChI=1S/C13H22N4O3/c1-4-12(2,3)10-14-15-16-17(10)9-13(11(18)19)5-7-20-8-6-13/h4-9H2,1-3H3,(H,18,19). The number of carboxylic acid groups (broad SMARTS) is 1. The van der Waals surface area contributed by atoms with Crippen LogP contribution in [0.2, 0.25) is 0 Å². The van der Waals surface area contributed by atoms with Gasteiger partial charge >= 0.3 is 5.97 Å². The van der Waals surface area contributed by atoms with Gasteiger partial charge in [0.1, 0.15) is 0 Å². The monoisotopic (exact) mass is 282 g/mol. The van der Waals surface area contributed by atoms with Gasteiger partial charge in [0.15, 0.2) is 5.82 Å². The third-order valence-corrected chi connectivity index (χ3v) is 4.38. The van der Waals surface area contributed by atoms with Gasteiger partial charge in [0.25, 0.3) is 0 Å². The van der Waals surface area contributed by atoms with E-state index < -0.39 is 11.4 Å².